The van der Waals surface area contributed by atoms with Crippen molar-refractivity contribution in [1.29, 1.82) is 0 Å². The lowest BCUT2D eigenvalue weighted by atomic mass is 10.2. The average molecular weight is 310 g/mol. The Morgan fingerprint density at radius 3 is 2.81 bits per heavy atom. The summed E-state index contributed by atoms with van der Waals surface area (Å²) < 4.78 is 4.92. The minimum Gasteiger partial charge on any atom is -0.476 e. The van der Waals surface area contributed by atoms with Crippen molar-refractivity contribution in [3.63, 3.8) is 0 Å². The fourth-order valence-corrected chi connectivity index (χ4v) is 2.42. The number of thiazole rings is 1. The number of carbonyl (C=O) groups is 2. The van der Waals surface area contributed by atoms with Crippen LogP contribution in [0.5, 0.6) is 0 Å². The van der Waals surface area contributed by atoms with E-state index < -0.39 is 5.97 Å². The molecule has 1 unspecified atom stereocenters. The van der Waals surface area contributed by atoms with Crippen LogP contribution >= 0.6 is 11.3 Å². The Balaban J connectivity index is 1.85. The van der Waals surface area contributed by atoms with Gasteiger partial charge in [-0.05, 0) is 13.8 Å². The molecular formula is C12H14N4O4S. The van der Waals surface area contributed by atoms with Gasteiger partial charge < -0.3 is 14.9 Å². The minimum absolute atomic E-state index is 0.0163. The van der Waals surface area contributed by atoms with Crippen LogP contribution in [0.15, 0.2) is 9.90 Å². The molecule has 2 N–H and O–H groups in total. The molecule has 1 atom stereocenters. The molecule has 2 aromatic heterocycles. The summed E-state index contributed by atoms with van der Waals surface area (Å²) in [6.45, 7) is 3.46. The third-order valence-corrected chi connectivity index (χ3v) is 3.65. The van der Waals surface area contributed by atoms with E-state index in [4.69, 9.17) is 9.63 Å². The van der Waals surface area contributed by atoms with Crippen LogP contribution in [0, 0.1) is 6.92 Å². The molecule has 0 saturated carbocycles. The summed E-state index contributed by atoms with van der Waals surface area (Å²) in [5.41, 5.74) is -0.0163. The summed E-state index contributed by atoms with van der Waals surface area (Å²) in [5, 5.41) is 17.2. The molecule has 2 rings (SSSR count). The standard InChI is InChI=1S/C12H14N4O4S/c1-6(11-15-8(5-21-11)12(18)19)13-9(17)3-4-10-14-7(2)16-20-10/h5-6H,3-4H2,1-2H3,(H,13,17)(H,18,19). The molecule has 0 aromatic carbocycles. The number of carboxylic acid groups (broad SMARTS) is 1. The fraction of sp³-hybridized carbons (Fsp3) is 0.417. The zero-order valence-electron chi connectivity index (χ0n) is 11.5. The van der Waals surface area contributed by atoms with Crippen molar-refractivity contribution in [2.75, 3.05) is 0 Å². The van der Waals surface area contributed by atoms with E-state index in [1.165, 1.54) is 16.7 Å². The second-order valence-electron chi connectivity index (χ2n) is 4.40. The van der Waals surface area contributed by atoms with Crippen molar-refractivity contribution >= 4 is 23.2 Å². The van der Waals surface area contributed by atoms with Crippen LogP contribution in [0.25, 0.3) is 0 Å². The summed E-state index contributed by atoms with van der Waals surface area (Å²) in [4.78, 5) is 30.5. The van der Waals surface area contributed by atoms with Crippen LogP contribution in [0.4, 0.5) is 0 Å². The highest BCUT2D eigenvalue weighted by Crippen LogP contribution is 2.18. The Hall–Kier alpha value is -2.29. The number of aryl methyl sites for hydroxylation is 2. The van der Waals surface area contributed by atoms with Gasteiger partial charge in [0.25, 0.3) is 0 Å². The number of nitrogens with one attached hydrogen (secondary N) is 1. The smallest absolute Gasteiger partial charge is 0.355 e. The van der Waals surface area contributed by atoms with E-state index in [-0.39, 0.29) is 24.1 Å². The highest BCUT2D eigenvalue weighted by molar-refractivity contribution is 7.09. The van der Waals surface area contributed by atoms with Crippen LogP contribution in [-0.4, -0.2) is 32.1 Å². The zero-order chi connectivity index (χ0) is 15.4. The molecule has 0 aliphatic heterocycles. The Morgan fingerprint density at radius 1 is 1.48 bits per heavy atom. The quantitative estimate of drug-likeness (QED) is 0.826. The molecule has 9 heteroatoms. The minimum atomic E-state index is -1.08. The van der Waals surface area contributed by atoms with Gasteiger partial charge in [0, 0.05) is 18.2 Å². The van der Waals surface area contributed by atoms with Crippen molar-refractivity contribution in [1.82, 2.24) is 20.4 Å². The van der Waals surface area contributed by atoms with Gasteiger partial charge in [-0.2, -0.15) is 4.98 Å². The van der Waals surface area contributed by atoms with Gasteiger partial charge in [0.1, 0.15) is 5.01 Å². The lowest BCUT2D eigenvalue weighted by Gasteiger charge is -2.10. The molecule has 2 heterocycles. The Kier molecular flexibility index (Phi) is 4.63. The van der Waals surface area contributed by atoms with Crippen molar-refractivity contribution in [3.8, 4) is 0 Å². The van der Waals surface area contributed by atoms with Crippen molar-refractivity contribution in [3.05, 3.63) is 27.8 Å². The molecule has 0 aliphatic carbocycles. The number of hydrogen-bond acceptors (Lipinski definition) is 7. The van der Waals surface area contributed by atoms with Gasteiger partial charge in [-0.1, -0.05) is 5.16 Å². The van der Waals surface area contributed by atoms with Crippen molar-refractivity contribution in [2.45, 2.75) is 32.7 Å². The highest BCUT2D eigenvalue weighted by atomic mass is 32.1. The van der Waals surface area contributed by atoms with E-state index in [1.807, 2.05) is 0 Å². The molecule has 21 heavy (non-hydrogen) atoms. The van der Waals surface area contributed by atoms with E-state index in [1.54, 1.807) is 13.8 Å². The highest BCUT2D eigenvalue weighted by Gasteiger charge is 2.16. The van der Waals surface area contributed by atoms with E-state index in [2.05, 4.69) is 20.4 Å². The Bertz CT molecular complexity index is 651. The first-order valence-corrected chi connectivity index (χ1v) is 7.11. The molecule has 0 bridgehead atoms. The van der Waals surface area contributed by atoms with Gasteiger partial charge in [0.15, 0.2) is 11.5 Å². The molecule has 0 saturated heterocycles. The molecule has 0 fully saturated rings. The normalized spacial score (nSPS) is 12.1. The maximum atomic E-state index is 11.8. The second kappa shape index (κ2) is 6.44. The molecular weight excluding hydrogens is 296 g/mol. The third kappa shape index (κ3) is 4.09. The maximum absolute atomic E-state index is 11.8. The number of hydrogen-bond donors (Lipinski definition) is 2. The van der Waals surface area contributed by atoms with Crippen LogP contribution in [0.1, 0.15) is 46.6 Å². The molecule has 0 spiro atoms. The molecule has 0 radical (unpaired) electrons. The number of aromatic carboxylic acids is 1. The van der Waals surface area contributed by atoms with Gasteiger partial charge in [0.05, 0.1) is 6.04 Å². The van der Waals surface area contributed by atoms with Crippen LogP contribution in [-0.2, 0) is 11.2 Å². The number of carboxylic acids is 1. The summed E-state index contributed by atoms with van der Waals surface area (Å²) in [6.07, 6.45) is 0.570. The van der Waals surface area contributed by atoms with E-state index >= 15 is 0 Å². The molecule has 2 aromatic rings. The number of carbonyl (C=O) groups excluding carboxylic acids is 1. The summed E-state index contributed by atoms with van der Waals surface area (Å²) in [5.74, 6) is -0.325. The number of amides is 1. The topological polar surface area (TPSA) is 118 Å². The lowest BCUT2D eigenvalue weighted by Crippen LogP contribution is -2.26. The van der Waals surface area contributed by atoms with Gasteiger partial charge in [-0.15, -0.1) is 11.3 Å². The van der Waals surface area contributed by atoms with Gasteiger partial charge in [-0.3, -0.25) is 4.79 Å². The van der Waals surface area contributed by atoms with Crippen molar-refractivity contribution in [2.24, 2.45) is 0 Å². The Morgan fingerprint density at radius 2 is 2.24 bits per heavy atom. The third-order valence-electron chi connectivity index (χ3n) is 2.62. The summed E-state index contributed by atoms with van der Waals surface area (Å²) >= 11 is 1.20. The van der Waals surface area contributed by atoms with Crippen LogP contribution < -0.4 is 5.32 Å². The first-order valence-electron chi connectivity index (χ1n) is 6.23. The van der Waals surface area contributed by atoms with Gasteiger partial charge in [0.2, 0.25) is 11.8 Å². The summed E-state index contributed by atoms with van der Waals surface area (Å²) in [6, 6.07) is -0.347. The van der Waals surface area contributed by atoms with Gasteiger partial charge in [-0.25, -0.2) is 9.78 Å². The molecule has 8 nitrogen and oxygen atoms in total. The van der Waals surface area contributed by atoms with E-state index in [9.17, 15) is 9.59 Å². The van der Waals surface area contributed by atoms with E-state index in [0.717, 1.165) is 0 Å². The maximum Gasteiger partial charge on any atom is 0.355 e. The van der Waals surface area contributed by atoms with E-state index in [0.29, 0.717) is 23.1 Å². The van der Waals surface area contributed by atoms with Gasteiger partial charge >= 0.3 is 5.97 Å². The first kappa shape index (κ1) is 15.1. The van der Waals surface area contributed by atoms with Crippen molar-refractivity contribution < 1.29 is 19.2 Å². The Labute approximate surface area is 124 Å². The first-order chi connectivity index (χ1) is 9.95. The number of aromatic nitrogens is 3. The second-order valence-corrected chi connectivity index (χ2v) is 5.29. The number of nitrogens with zero attached hydrogens (tertiary/aromatic N) is 3. The molecule has 1 amide bonds. The van der Waals surface area contributed by atoms with Crippen LogP contribution in [0.2, 0.25) is 0 Å². The predicted molar refractivity (Wildman–Crippen MR) is 73.0 cm³/mol. The fourth-order valence-electron chi connectivity index (χ4n) is 1.62. The largest absolute Gasteiger partial charge is 0.476 e. The zero-order valence-corrected chi connectivity index (χ0v) is 12.3. The predicted octanol–water partition coefficient (Wildman–Crippen LogP) is 1.34. The average Bonchev–Trinajstić information content (AvgIpc) is 3.05. The number of rotatable bonds is 6. The van der Waals surface area contributed by atoms with Crippen LogP contribution in [0.3, 0.4) is 0 Å². The SMILES string of the molecule is Cc1noc(CCC(=O)NC(C)c2nc(C(=O)O)cs2)n1. The lowest BCUT2D eigenvalue weighted by molar-refractivity contribution is -0.121. The molecule has 112 valence electrons. The summed E-state index contributed by atoms with van der Waals surface area (Å²) in [7, 11) is 0. The monoisotopic (exact) mass is 310 g/mol. The molecule has 0 aliphatic rings.